The fourth-order valence-corrected chi connectivity index (χ4v) is 3.24. The first-order chi connectivity index (χ1) is 12.1. The van der Waals surface area contributed by atoms with Gasteiger partial charge in [0.1, 0.15) is 6.54 Å². The van der Waals surface area contributed by atoms with Gasteiger partial charge in [-0.05, 0) is 29.2 Å². The second-order valence-corrected chi connectivity index (χ2v) is 7.51. The lowest BCUT2D eigenvalue weighted by atomic mass is 10.0. The molecule has 132 valence electrons. The second-order valence-electron chi connectivity index (χ2n) is 7.07. The van der Waals surface area contributed by atoms with Crippen molar-refractivity contribution in [3.63, 3.8) is 0 Å². The van der Waals surface area contributed by atoms with Crippen LogP contribution in [0.2, 0.25) is 5.02 Å². The molecule has 1 fully saturated rings. The Kier molecular flexibility index (Phi) is 6.11. The van der Waals surface area contributed by atoms with E-state index in [4.69, 9.17) is 11.6 Å². The molecule has 0 bridgehead atoms. The molecular formula is C21H27ClN3+. The van der Waals surface area contributed by atoms with Gasteiger partial charge in [0.25, 0.3) is 0 Å². The quantitative estimate of drug-likeness (QED) is 0.816. The van der Waals surface area contributed by atoms with Crippen molar-refractivity contribution in [2.75, 3.05) is 26.2 Å². The summed E-state index contributed by atoms with van der Waals surface area (Å²) in [6.07, 6.45) is 1.98. The maximum absolute atomic E-state index is 5.95. The zero-order valence-electron chi connectivity index (χ0n) is 15.1. The normalized spacial score (nSPS) is 16.1. The lowest BCUT2D eigenvalue weighted by Crippen LogP contribution is -3.13. The van der Waals surface area contributed by atoms with Crippen molar-refractivity contribution < 1.29 is 4.90 Å². The molecule has 1 aliphatic rings. The summed E-state index contributed by atoms with van der Waals surface area (Å²) in [6, 6.07) is 16.9. The molecule has 0 saturated carbocycles. The highest BCUT2D eigenvalue weighted by molar-refractivity contribution is 6.30. The van der Waals surface area contributed by atoms with E-state index in [9.17, 15) is 0 Å². The Labute approximate surface area is 155 Å². The first-order valence-corrected chi connectivity index (χ1v) is 9.45. The van der Waals surface area contributed by atoms with Crippen LogP contribution < -0.4 is 4.90 Å². The van der Waals surface area contributed by atoms with E-state index in [2.05, 4.69) is 60.4 Å². The van der Waals surface area contributed by atoms with E-state index in [1.807, 2.05) is 18.3 Å². The Hall–Kier alpha value is -1.84. The van der Waals surface area contributed by atoms with Gasteiger partial charge in [-0.15, -0.1) is 0 Å². The summed E-state index contributed by atoms with van der Waals surface area (Å²) in [7, 11) is 0. The summed E-state index contributed by atoms with van der Waals surface area (Å²) >= 11 is 5.95. The minimum atomic E-state index is 0.572. The number of nitrogens with one attached hydrogen (secondary N) is 1. The summed E-state index contributed by atoms with van der Waals surface area (Å²) in [6.45, 7) is 9.74. The Bertz CT molecular complexity index is 684. The molecule has 25 heavy (non-hydrogen) atoms. The summed E-state index contributed by atoms with van der Waals surface area (Å²) in [5, 5.41) is 7.65. The number of nitrogens with zero attached hydrogens (tertiary/aromatic N) is 2. The number of halogens is 1. The number of hydrazone groups is 1. The van der Waals surface area contributed by atoms with Crippen molar-refractivity contribution in [3.05, 3.63) is 70.2 Å². The molecule has 3 nitrogen and oxygen atoms in total. The van der Waals surface area contributed by atoms with Gasteiger partial charge >= 0.3 is 0 Å². The van der Waals surface area contributed by atoms with E-state index >= 15 is 0 Å². The highest BCUT2D eigenvalue weighted by Gasteiger charge is 2.18. The van der Waals surface area contributed by atoms with E-state index in [1.165, 1.54) is 16.7 Å². The van der Waals surface area contributed by atoms with Gasteiger partial charge in [-0.25, -0.2) is 0 Å². The minimum Gasteiger partial charge on any atom is -0.328 e. The third-order valence-electron chi connectivity index (χ3n) is 4.79. The fraction of sp³-hybridized carbons (Fsp3) is 0.381. The van der Waals surface area contributed by atoms with Crippen LogP contribution in [0.15, 0.2) is 53.6 Å². The number of benzene rings is 2. The summed E-state index contributed by atoms with van der Waals surface area (Å²) in [5.74, 6) is 0.572. The Morgan fingerprint density at radius 1 is 1.04 bits per heavy atom. The van der Waals surface area contributed by atoms with E-state index in [0.717, 1.165) is 37.7 Å². The molecule has 0 aromatic heterocycles. The third kappa shape index (κ3) is 5.32. The zero-order chi connectivity index (χ0) is 17.6. The lowest BCUT2D eigenvalue weighted by Gasteiger charge is -2.30. The molecule has 1 aliphatic heterocycles. The number of hydrogen-bond donors (Lipinski definition) is 1. The third-order valence-corrected chi connectivity index (χ3v) is 5.04. The topological polar surface area (TPSA) is 20.0 Å². The molecule has 0 radical (unpaired) electrons. The maximum Gasteiger partial charge on any atom is 0.103 e. The lowest BCUT2D eigenvalue weighted by molar-refractivity contribution is -0.918. The number of hydrogen-bond acceptors (Lipinski definition) is 2. The number of rotatable bonds is 5. The van der Waals surface area contributed by atoms with E-state index in [-0.39, 0.29) is 0 Å². The van der Waals surface area contributed by atoms with E-state index < -0.39 is 0 Å². The molecule has 0 aliphatic carbocycles. The SMILES string of the molecule is CC(C)c1ccc(C=NN2CC[NH+](Cc3ccc(Cl)cc3)CC2)cc1. The molecule has 0 amide bonds. The van der Waals surface area contributed by atoms with Crippen molar-refractivity contribution >= 4 is 17.8 Å². The van der Waals surface area contributed by atoms with Crippen LogP contribution in [0.5, 0.6) is 0 Å². The predicted octanol–water partition coefficient (Wildman–Crippen LogP) is 3.20. The molecule has 0 unspecified atom stereocenters. The molecule has 0 atom stereocenters. The predicted molar refractivity (Wildman–Crippen MR) is 106 cm³/mol. The van der Waals surface area contributed by atoms with Crippen LogP contribution in [0.4, 0.5) is 0 Å². The number of piperazine rings is 1. The molecule has 2 aromatic carbocycles. The van der Waals surface area contributed by atoms with Crippen LogP contribution >= 0.6 is 11.6 Å². The summed E-state index contributed by atoms with van der Waals surface area (Å²) in [4.78, 5) is 1.61. The molecular weight excluding hydrogens is 330 g/mol. The molecule has 3 rings (SSSR count). The van der Waals surface area contributed by atoms with Gasteiger partial charge in [0.2, 0.25) is 0 Å². The number of quaternary nitrogens is 1. The monoisotopic (exact) mass is 356 g/mol. The van der Waals surface area contributed by atoms with Gasteiger partial charge < -0.3 is 4.90 Å². The molecule has 1 N–H and O–H groups in total. The average Bonchev–Trinajstić information content (AvgIpc) is 2.63. The second kappa shape index (κ2) is 8.50. The van der Waals surface area contributed by atoms with Crippen LogP contribution in [0, 0.1) is 0 Å². The van der Waals surface area contributed by atoms with Crippen LogP contribution in [0.1, 0.15) is 36.5 Å². The Balaban J connectivity index is 1.47. The average molecular weight is 357 g/mol. The van der Waals surface area contributed by atoms with Crippen LogP contribution in [-0.4, -0.2) is 37.4 Å². The standard InChI is InChI=1S/C21H26ClN3/c1-17(2)20-7-3-18(4-8-20)15-23-25-13-11-24(12-14-25)16-19-5-9-21(22)10-6-19/h3-10,15,17H,11-14,16H2,1-2H3/p+1. The molecule has 1 saturated heterocycles. The first kappa shape index (κ1) is 18.0. The van der Waals surface area contributed by atoms with Crippen molar-refractivity contribution in [1.82, 2.24) is 5.01 Å². The summed E-state index contributed by atoms with van der Waals surface area (Å²) in [5.41, 5.74) is 3.89. The van der Waals surface area contributed by atoms with E-state index in [0.29, 0.717) is 5.92 Å². The molecule has 0 spiro atoms. The highest BCUT2D eigenvalue weighted by Crippen LogP contribution is 2.14. The highest BCUT2D eigenvalue weighted by atomic mass is 35.5. The van der Waals surface area contributed by atoms with E-state index in [1.54, 1.807) is 4.90 Å². The smallest absolute Gasteiger partial charge is 0.103 e. The van der Waals surface area contributed by atoms with Crippen molar-refractivity contribution in [2.45, 2.75) is 26.3 Å². The Morgan fingerprint density at radius 3 is 2.28 bits per heavy atom. The Morgan fingerprint density at radius 2 is 1.68 bits per heavy atom. The zero-order valence-corrected chi connectivity index (χ0v) is 15.8. The van der Waals surface area contributed by atoms with Gasteiger partial charge in [-0.2, -0.15) is 5.10 Å². The van der Waals surface area contributed by atoms with Gasteiger partial charge in [-0.3, -0.25) is 5.01 Å². The minimum absolute atomic E-state index is 0.572. The fourth-order valence-electron chi connectivity index (χ4n) is 3.11. The van der Waals surface area contributed by atoms with Gasteiger partial charge in [0, 0.05) is 10.6 Å². The molecule has 4 heteroatoms. The van der Waals surface area contributed by atoms with Crippen molar-refractivity contribution in [2.24, 2.45) is 5.10 Å². The van der Waals surface area contributed by atoms with Crippen LogP contribution in [-0.2, 0) is 6.54 Å². The van der Waals surface area contributed by atoms with Gasteiger partial charge in [-0.1, -0.05) is 61.8 Å². The van der Waals surface area contributed by atoms with Gasteiger partial charge in [0.15, 0.2) is 0 Å². The van der Waals surface area contributed by atoms with Crippen LogP contribution in [0.25, 0.3) is 0 Å². The molecule has 2 aromatic rings. The summed E-state index contributed by atoms with van der Waals surface area (Å²) < 4.78 is 0. The largest absolute Gasteiger partial charge is 0.328 e. The van der Waals surface area contributed by atoms with Crippen LogP contribution in [0.3, 0.4) is 0 Å². The van der Waals surface area contributed by atoms with Gasteiger partial charge in [0.05, 0.1) is 32.4 Å². The van der Waals surface area contributed by atoms with Crippen molar-refractivity contribution in [1.29, 1.82) is 0 Å². The molecule has 1 heterocycles. The van der Waals surface area contributed by atoms with Crippen molar-refractivity contribution in [3.8, 4) is 0 Å². The maximum atomic E-state index is 5.95. The first-order valence-electron chi connectivity index (χ1n) is 9.07.